The van der Waals surface area contributed by atoms with Gasteiger partial charge in [-0.25, -0.2) is 28.5 Å². The summed E-state index contributed by atoms with van der Waals surface area (Å²) in [6.07, 6.45) is 1.68. The second-order valence-corrected chi connectivity index (χ2v) is 6.97. The summed E-state index contributed by atoms with van der Waals surface area (Å²) >= 11 is 0. The zero-order chi connectivity index (χ0) is 23.2. The van der Waals surface area contributed by atoms with Crippen LogP contribution < -0.4 is 21.3 Å². The van der Waals surface area contributed by atoms with E-state index in [1.807, 2.05) is 18.2 Å². The number of amides is 2. The summed E-state index contributed by atoms with van der Waals surface area (Å²) in [7, 11) is 0. The third kappa shape index (κ3) is 6.20. The van der Waals surface area contributed by atoms with E-state index >= 15 is 0 Å². The van der Waals surface area contributed by atoms with E-state index in [4.69, 9.17) is 0 Å². The van der Waals surface area contributed by atoms with Crippen molar-refractivity contribution in [2.45, 2.75) is 6.92 Å². The van der Waals surface area contributed by atoms with Crippen molar-refractivity contribution in [1.29, 1.82) is 0 Å². The molecule has 2 heterocycles. The molecule has 4 aromatic rings. The normalized spacial score (nSPS) is 10.4. The average molecular weight is 447 g/mol. The Bertz CT molecular complexity index is 1250. The van der Waals surface area contributed by atoms with Crippen LogP contribution in [0.3, 0.4) is 0 Å². The molecule has 10 heteroatoms. The Balaban J connectivity index is 1.38. The molecule has 4 rings (SSSR count). The quantitative estimate of drug-likeness (QED) is 0.307. The number of carbonyl (C=O) groups is 1. The topological polar surface area (TPSA) is 104 Å². The summed E-state index contributed by atoms with van der Waals surface area (Å²) in [6, 6.07) is 16.3. The molecular formula is C23H19F2N7O. The smallest absolute Gasteiger partial charge is 0.323 e. The van der Waals surface area contributed by atoms with Gasteiger partial charge in [-0.1, -0.05) is 6.07 Å². The van der Waals surface area contributed by atoms with Crippen LogP contribution in [0.5, 0.6) is 0 Å². The predicted molar refractivity (Wildman–Crippen MR) is 123 cm³/mol. The predicted octanol–water partition coefficient (Wildman–Crippen LogP) is 5.59. The molecule has 4 N–H and O–H groups in total. The summed E-state index contributed by atoms with van der Waals surface area (Å²) in [5.74, 6) is 0.844. The van der Waals surface area contributed by atoms with E-state index < -0.39 is 17.7 Å². The van der Waals surface area contributed by atoms with Gasteiger partial charge in [0.15, 0.2) is 0 Å². The van der Waals surface area contributed by atoms with Gasteiger partial charge in [0.1, 0.15) is 34.9 Å². The molecular weight excluding hydrogens is 428 g/mol. The minimum Gasteiger partial charge on any atom is -0.340 e. The van der Waals surface area contributed by atoms with Gasteiger partial charge in [-0.3, -0.25) is 0 Å². The fraction of sp³-hybridized carbons (Fsp3) is 0.0435. The van der Waals surface area contributed by atoms with Gasteiger partial charge in [-0.2, -0.15) is 0 Å². The van der Waals surface area contributed by atoms with Crippen molar-refractivity contribution in [3.8, 4) is 0 Å². The fourth-order valence-electron chi connectivity index (χ4n) is 2.97. The third-order valence-electron chi connectivity index (χ3n) is 4.29. The molecule has 2 amide bonds. The molecule has 0 radical (unpaired) electrons. The van der Waals surface area contributed by atoms with Gasteiger partial charge >= 0.3 is 6.03 Å². The van der Waals surface area contributed by atoms with Crippen LogP contribution in [0.1, 0.15) is 5.82 Å². The third-order valence-corrected chi connectivity index (χ3v) is 4.29. The van der Waals surface area contributed by atoms with Gasteiger partial charge in [0, 0.05) is 35.4 Å². The Morgan fingerprint density at radius 1 is 0.727 bits per heavy atom. The van der Waals surface area contributed by atoms with Crippen LogP contribution in [0.2, 0.25) is 0 Å². The highest BCUT2D eigenvalue weighted by molar-refractivity contribution is 5.99. The lowest BCUT2D eigenvalue weighted by Crippen LogP contribution is -2.19. The SMILES string of the molecule is Cc1nc(Nc2ccc(NC(=O)Nc3cc(F)cc(F)c3)cc2)cc(Nc2ccccn2)n1. The summed E-state index contributed by atoms with van der Waals surface area (Å²) in [5.41, 5.74) is 1.24. The number of nitrogens with zero attached hydrogens (tertiary/aromatic N) is 3. The van der Waals surface area contributed by atoms with Crippen molar-refractivity contribution in [2.75, 3.05) is 21.3 Å². The van der Waals surface area contributed by atoms with Crippen LogP contribution >= 0.6 is 0 Å². The number of carbonyl (C=O) groups excluding carboxylic acids is 1. The lowest BCUT2D eigenvalue weighted by Gasteiger charge is -2.11. The summed E-state index contributed by atoms with van der Waals surface area (Å²) in [4.78, 5) is 25.0. The van der Waals surface area contributed by atoms with Crippen LogP contribution in [-0.2, 0) is 0 Å². The number of hydrogen-bond donors (Lipinski definition) is 4. The van der Waals surface area contributed by atoms with Crippen LogP contribution in [0.25, 0.3) is 0 Å². The first-order chi connectivity index (χ1) is 15.9. The number of halogens is 2. The Kier molecular flexibility index (Phi) is 6.35. The van der Waals surface area contributed by atoms with Gasteiger partial charge in [-0.15, -0.1) is 0 Å². The second-order valence-electron chi connectivity index (χ2n) is 6.97. The summed E-state index contributed by atoms with van der Waals surface area (Å²) in [6.45, 7) is 1.78. The molecule has 0 atom stereocenters. The van der Waals surface area contributed by atoms with Crippen molar-refractivity contribution in [1.82, 2.24) is 15.0 Å². The number of urea groups is 1. The molecule has 0 aliphatic heterocycles. The maximum Gasteiger partial charge on any atom is 0.323 e. The zero-order valence-corrected chi connectivity index (χ0v) is 17.4. The Morgan fingerprint density at radius 3 is 2.03 bits per heavy atom. The van der Waals surface area contributed by atoms with Crippen LogP contribution in [0.15, 0.2) is 72.9 Å². The molecule has 0 spiro atoms. The number of pyridine rings is 1. The molecule has 0 aliphatic carbocycles. The first-order valence-corrected chi connectivity index (χ1v) is 9.88. The average Bonchev–Trinajstić information content (AvgIpc) is 2.74. The van der Waals surface area contributed by atoms with Crippen molar-refractivity contribution in [3.63, 3.8) is 0 Å². The minimum absolute atomic E-state index is 0.0116. The molecule has 166 valence electrons. The van der Waals surface area contributed by atoms with Gasteiger partial charge in [-0.05, 0) is 55.5 Å². The monoisotopic (exact) mass is 447 g/mol. The second kappa shape index (κ2) is 9.69. The van der Waals surface area contributed by atoms with E-state index in [1.165, 1.54) is 0 Å². The highest BCUT2D eigenvalue weighted by Crippen LogP contribution is 2.21. The molecule has 33 heavy (non-hydrogen) atoms. The molecule has 0 bridgehead atoms. The number of benzene rings is 2. The molecule has 2 aromatic carbocycles. The van der Waals surface area contributed by atoms with E-state index in [2.05, 4.69) is 36.2 Å². The van der Waals surface area contributed by atoms with E-state index in [-0.39, 0.29) is 5.69 Å². The Labute approximate surface area is 188 Å². The molecule has 0 unspecified atom stereocenters. The van der Waals surface area contributed by atoms with E-state index in [9.17, 15) is 13.6 Å². The van der Waals surface area contributed by atoms with Crippen molar-refractivity contribution < 1.29 is 13.6 Å². The Hall–Kier alpha value is -4.60. The standard InChI is InChI=1S/C23H19F2N7O/c1-14-27-21(13-22(28-14)32-20-4-2-3-9-26-20)29-17-5-7-18(8-6-17)30-23(33)31-19-11-15(24)10-16(25)12-19/h2-13H,1H3,(H2,30,31,33)(H2,26,27,28,29,32). The molecule has 0 fully saturated rings. The van der Waals surface area contributed by atoms with Crippen LogP contribution in [0.4, 0.5) is 48.1 Å². The molecule has 0 saturated heterocycles. The molecule has 2 aromatic heterocycles. The number of rotatable bonds is 6. The lowest BCUT2D eigenvalue weighted by molar-refractivity contribution is 0.262. The van der Waals surface area contributed by atoms with E-state index in [0.29, 0.717) is 29.0 Å². The lowest BCUT2D eigenvalue weighted by atomic mass is 10.2. The van der Waals surface area contributed by atoms with Crippen molar-refractivity contribution >= 4 is 40.5 Å². The first kappa shape index (κ1) is 21.6. The van der Waals surface area contributed by atoms with Gasteiger partial charge in [0.2, 0.25) is 0 Å². The van der Waals surface area contributed by atoms with Crippen molar-refractivity contribution in [2.24, 2.45) is 0 Å². The molecule has 0 aliphatic rings. The van der Waals surface area contributed by atoms with Gasteiger partial charge < -0.3 is 21.3 Å². The number of aromatic nitrogens is 3. The zero-order valence-electron chi connectivity index (χ0n) is 17.4. The summed E-state index contributed by atoms with van der Waals surface area (Å²) in [5, 5.41) is 11.3. The molecule has 8 nitrogen and oxygen atoms in total. The van der Waals surface area contributed by atoms with E-state index in [1.54, 1.807) is 43.5 Å². The minimum atomic E-state index is -0.779. The van der Waals surface area contributed by atoms with E-state index in [0.717, 1.165) is 23.9 Å². The Morgan fingerprint density at radius 2 is 1.36 bits per heavy atom. The fourth-order valence-corrected chi connectivity index (χ4v) is 2.97. The summed E-state index contributed by atoms with van der Waals surface area (Å²) < 4.78 is 26.5. The number of hydrogen-bond acceptors (Lipinski definition) is 6. The maximum atomic E-state index is 13.3. The highest BCUT2D eigenvalue weighted by atomic mass is 19.1. The number of anilines is 6. The largest absolute Gasteiger partial charge is 0.340 e. The van der Waals surface area contributed by atoms with Gasteiger partial charge in [0.05, 0.1) is 0 Å². The number of nitrogens with one attached hydrogen (secondary N) is 4. The molecule has 0 saturated carbocycles. The van der Waals surface area contributed by atoms with Gasteiger partial charge in [0.25, 0.3) is 0 Å². The maximum absolute atomic E-state index is 13.3. The van der Waals surface area contributed by atoms with Crippen LogP contribution in [-0.4, -0.2) is 21.0 Å². The highest BCUT2D eigenvalue weighted by Gasteiger charge is 2.07. The number of aryl methyl sites for hydroxylation is 1. The van der Waals surface area contributed by atoms with Crippen molar-refractivity contribution in [3.05, 3.63) is 90.4 Å². The van der Waals surface area contributed by atoms with Crippen LogP contribution in [0, 0.1) is 18.6 Å². The first-order valence-electron chi connectivity index (χ1n) is 9.88.